The highest BCUT2D eigenvalue weighted by atomic mass is 32.1. The molecule has 0 saturated carbocycles. The van der Waals surface area contributed by atoms with Gasteiger partial charge in [-0.15, -0.1) is 11.3 Å². The highest BCUT2D eigenvalue weighted by molar-refractivity contribution is 7.09. The molecule has 0 spiro atoms. The van der Waals surface area contributed by atoms with Crippen LogP contribution < -0.4 is 4.74 Å². The van der Waals surface area contributed by atoms with E-state index in [4.69, 9.17) is 9.84 Å². The molecule has 1 N–H and O–H groups in total. The van der Waals surface area contributed by atoms with Crippen LogP contribution in [0, 0.1) is 0 Å². The molecule has 0 aliphatic heterocycles. The Labute approximate surface area is 128 Å². The summed E-state index contributed by atoms with van der Waals surface area (Å²) in [5, 5.41) is 10.9. The number of carbonyl (C=O) groups is 1. The van der Waals surface area contributed by atoms with Crippen LogP contribution in [0.15, 0.2) is 41.8 Å². The molecule has 0 amide bonds. The molecule has 1 aromatic heterocycles. The zero-order valence-electron chi connectivity index (χ0n) is 12.0. The Hall–Kier alpha value is -1.85. The van der Waals surface area contributed by atoms with Gasteiger partial charge in [-0.25, -0.2) is 4.79 Å². The van der Waals surface area contributed by atoms with E-state index in [0.717, 1.165) is 19.5 Å². The summed E-state index contributed by atoms with van der Waals surface area (Å²) in [6.07, 6.45) is 0.933. The second-order valence-corrected chi connectivity index (χ2v) is 5.88. The lowest BCUT2D eigenvalue weighted by Crippen LogP contribution is -2.20. The third-order valence-corrected chi connectivity index (χ3v) is 3.92. The molecule has 0 saturated heterocycles. The summed E-state index contributed by atoms with van der Waals surface area (Å²) in [5.74, 6) is -0.210. The zero-order valence-corrected chi connectivity index (χ0v) is 12.8. The quantitative estimate of drug-likeness (QED) is 0.760. The van der Waals surface area contributed by atoms with Crippen molar-refractivity contribution in [3.8, 4) is 5.75 Å². The lowest BCUT2D eigenvalue weighted by atomic mass is 10.2. The van der Waals surface area contributed by atoms with Gasteiger partial charge in [0.25, 0.3) is 0 Å². The topological polar surface area (TPSA) is 49.8 Å². The van der Waals surface area contributed by atoms with Crippen LogP contribution in [-0.2, 0) is 6.54 Å². The normalized spacial score (nSPS) is 10.8. The number of carboxylic acids is 1. The largest absolute Gasteiger partial charge is 0.494 e. The van der Waals surface area contributed by atoms with Gasteiger partial charge >= 0.3 is 5.97 Å². The third-order valence-electron chi connectivity index (χ3n) is 3.06. The van der Waals surface area contributed by atoms with E-state index in [1.54, 1.807) is 35.6 Å². The summed E-state index contributed by atoms with van der Waals surface area (Å²) in [6.45, 7) is 2.55. The number of thiophene rings is 1. The minimum absolute atomic E-state index is 0.276. The molecule has 21 heavy (non-hydrogen) atoms. The number of ether oxygens (including phenoxy) is 1. The van der Waals surface area contributed by atoms with Crippen LogP contribution in [0.5, 0.6) is 5.75 Å². The Kier molecular flexibility index (Phi) is 5.78. The van der Waals surface area contributed by atoms with Gasteiger partial charge in [-0.05, 0) is 49.2 Å². The minimum atomic E-state index is -0.920. The molecule has 0 radical (unpaired) electrons. The van der Waals surface area contributed by atoms with Crippen LogP contribution in [0.25, 0.3) is 0 Å². The number of hydrogen-bond donors (Lipinski definition) is 1. The van der Waals surface area contributed by atoms with Crippen molar-refractivity contribution in [1.29, 1.82) is 0 Å². The van der Waals surface area contributed by atoms with Crippen molar-refractivity contribution in [2.75, 3.05) is 20.2 Å². The van der Waals surface area contributed by atoms with E-state index >= 15 is 0 Å². The molecule has 0 bridgehead atoms. The fraction of sp³-hybridized carbons (Fsp3) is 0.312. The van der Waals surface area contributed by atoms with E-state index in [-0.39, 0.29) is 5.56 Å². The summed E-state index contributed by atoms with van der Waals surface area (Å²) >= 11 is 1.77. The lowest BCUT2D eigenvalue weighted by Gasteiger charge is -2.15. The molecule has 4 nitrogen and oxygen atoms in total. The number of aromatic carboxylic acids is 1. The first-order valence-electron chi connectivity index (χ1n) is 6.82. The minimum Gasteiger partial charge on any atom is -0.494 e. The van der Waals surface area contributed by atoms with Crippen molar-refractivity contribution >= 4 is 17.3 Å². The fourth-order valence-corrected chi connectivity index (χ4v) is 2.75. The maximum atomic E-state index is 10.7. The molecular formula is C16H19NO3S. The van der Waals surface area contributed by atoms with Gasteiger partial charge in [-0.3, -0.25) is 0 Å². The smallest absolute Gasteiger partial charge is 0.335 e. The Morgan fingerprint density at radius 3 is 2.67 bits per heavy atom. The molecule has 2 aromatic rings. The van der Waals surface area contributed by atoms with E-state index < -0.39 is 5.97 Å². The van der Waals surface area contributed by atoms with Gasteiger partial charge in [0.2, 0.25) is 0 Å². The van der Waals surface area contributed by atoms with Gasteiger partial charge in [0, 0.05) is 18.0 Å². The first-order chi connectivity index (χ1) is 10.1. The summed E-state index contributed by atoms with van der Waals surface area (Å²) in [7, 11) is 2.10. The monoisotopic (exact) mass is 305 g/mol. The maximum Gasteiger partial charge on any atom is 0.335 e. The Balaban J connectivity index is 1.66. The van der Waals surface area contributed by atoms with Crippen molar-refractivity contribution in [2.45, 2.75) is 13.0 Å². The molecule has 0 aliphatic carbocycles. The van der Waals surface area contributed by atoms with Crippen LogP contribution in [-0.4, -0.2) is 36.2 Å². The predicted octanol–water partition coefficient (Wildman–Crippen LogP) is 3.35. The van der Waals surface area contributed by atoms with Crippen LogP contribution in [0.4, 0.5) is 0 Å². The van der Waals surface area contributed by atoms with E-state index in [9.17, 15) is 4.79 Å². The molecule has 0 fully saturated rings. The van der Waals surface area contributed by atoms with Crippen molar-refractivity contribution in [2.24, 2.45) is 0 Å². The predicted molar refractivity (Wildman–Crippen MR) is 84.2 cm³/mol. The Bertz CT molecular complexity index is 551. The molecule has 1 heterocycles. The average Bonchev–Trinajstić information content (AvgIpc) is 2.97. The number of carboxylic acid groups (broad SMARTS) is 1. The fourth-order valence-electron chi connectivity index (χ4n) is 1.97. The van der Waals surface area contributed by atoms with Crippen molar-refractivity contribution in [1.82, 2.24) is 4.90 Å². The van der Waals surface area contributed by atoms with E-state index in [0.29, 0.717) is 12.4 Å². The zero-order chi connectivity index (χ0) is 15.1. The molecule has 112 valence electrons. The van der Waals surface area contributed by atoms with Gasteiger partial charge in [0.15, 0.2) is 0 Å². The maximum absolute atomic E-state index is 10.7. The molecule has 1 aromatic carbocycles. The number of benzene rings is 1. The van der Waals surface area contributed by atoms with Crippen molar-refractivity contribution in [3.05, 3.63) is 52.2 Å². The number of hydrogen-bond acceptors (Lipinski definition) is 4. The van der Waals surface area contributed by atoms with Crippen LogP contribution >= 0.6 is 11.3 Å². The standard InChI is InChI=1S/C16H19NO3S/c1-17(12-15-4-2-11-21-15)9-3-10-20-14-7-5-13(6-8-14)16(18)19/h2,4-8,11H,3,9-10,12H2,1H3,(H,18,19). The second-order valence-electron chi connectivity index (χ2n) is 4.85. The highest BCUT2D eigenvalue weighted by Gasteiger charge is 2.03. The molecule has 5 heteroatoms. The van der Waals surface area contributed by atoms with Crippen molar-refractivity contribution < 1.29 is 14.6 Å². The third kappa shape index (κ3) is 5.21. The Morgan fingerprint density at radius 2 is 2.05 bits per heavy atom. The summed E-state index contributed by atoms with van der Waals surface area (Å²) in [6, 6.07) is 10.7. The second kappa shape index (κ2) is 7.81. The number of nitrogens with zero attached hydrogens (tertiary/aromatic N) is 1. The van der Waals surface area contributed by atoms with Crippen molar-refractivity contribution in [3.63, 3.8) is 0 Å². The molecule has 2 rings (SSSR count). The number of rotatable bonds is 8. The summed E-state index contributed by atoms with van der Waals surface area (Å²) < 4.78 is 5.61. The molecule has 0 aliphatic rings. The van der Waals surface area contributed by atoms with Gasteiger partial charge in [0.1, 0.15) is 5.75 Å². The first-order valence-corrected chi connectivity index (χ1v) is 7.70. The SMILES string of the molecule is CN(CCCOc1ccc(C(=O)O)cc1)Cc1cccs1. The van der Waals surface area contributed by atoms with Crippen LogP contribution in [0.2, 0.25) is 0 Å². The van der Waals surface area contributed by atoms with Gasteiger partial charge in [-0.1, -0.05) is 6.07 Å². The van der Waals surface area contributed by atoms with E-state index in [1.165, 1.54) is 4.88 Å². The first kappa shape index (κ1) is 15.5. The lowest BCUT2D eigenvalue weighted by molar-refractivity contribution is 0.0697. The van der Waals surface area contributed by atoms with E-state index in [2.05, 4.69) is 29.5 Å². The van der Waals surface area contributed by atoms with Crippen LogP contribution in [0.3, 0.4) is 0 Å². The molecule has 0 atom stereocenters. The van der Waals surface area contributed by atoms with Gasteiger partial charge in [-0.2, -0.15) is 0 Å². The van der Waals surface area contributed by atoms with Crippen LogP contribution in [0.1, 0.15) is 21.7 Å². The summed E-state index contributed by atoms with van der Waals surface area (Å²) in [4.78, 5) is 14.4. The van der Waals surface area contributed by atoms with Gasteiger partial charge < -0.3 is 14.7 Å². The highest BCUT2D eigenvalue weighted by Crippen LogP contribution is 2.13. The average molecular weight is 305 g/mol. The summed E-state index contributed by atoms with van der Waals surface area (Å²) in [5.41, 5.74) is 0.276. The van der Waals surface area contributed by atoms with E-state index in [1.807, 2.05) is 0 Å². The molecular weight excluding hydrogens is 286 g/mol. The molecule has 0 unspecified atom stereocenters. The van der Waals surface area contributed by atoms with Gasteiger partial charge in [0.05, 0.1) is 12.2 Å². The Morgan fingerprint density at radius 1 is 1.29 bits per heavy atom.